The first-order valence-electron chi connectivity index (χ1n) is 9.87. The summed E-state index contributed by atoms with van der Waals surface area (Å²) in [5.41, 5.74) is 0. The zero-order valence-corrected chi connectivity index (χ0v) is 16.1. The van der Waals surface area contributed by atoms with Crippen molar-refractivity contribution in [3.05, 3.63) is 23.8 Å². The highest BCUT2D eigenvalue weighted by atomic mass is 19.2. The van der Waals surface area contributed by atoms with Crippen LogP contribution in [0.25, 0.3) is 0 Å². The summed E-state index contributed by atoms with van der Waals surface area (Å²) < 4.78 is 38.8. The lowest BCUT2D eigenvalue weighted by Crippen LogP contribution is -2.05. The van der Waals surface area contributed by atoms with Crippen LogP contribution < -0.4 is 9.47 Å². The molecule has 0 amide bonds. The molecule has 25 heavy (non-hydrogen) atoms. The van der Waals surface area contributed by atoms with E-state index in [9.17, 15) is 8.78 Å². The number of ether oxygens (including phenoxy) is 2. The van der Waals surface area contributed by atoms with Crippen molar-refractivity contribution in [2.75, 3.05) is 13.2 Å². The molecule has 1 aromatic rings. The number of hydrogen-bond acceptors (Lipinski definition) is 2. The molecule has 0 spiro atoms. The Kier molecular flexibility index (Phi) is 11.3. The Balaban J connectivity index is 2.37. The third kappa shape index (κ3) is 8.06. The molecular formula is C21H34F2O2. The lowest BCUT2D eigenvalue weighted by Gasteiger charge is -2.14. The zero-order valence-electron chi connectivity index (χ0n) is 16.1. The Morgan fingerprint density at radius 2 is 1.32 bits per heavy atom. The molecule has 2 nitrogen and oxygen atoms in total. The SMILES string of the molecule is CCCCCOc1ccc(OCCCCC(CC)CCC)c(F)c1F. The van der Waals surface area contributed by atoms with E-state index in [-0.39, 0.29) is 11.5 Å². The van der Waals surface area contributed by atoms with E-state index in [1.165, 1.54) is 37.8 Å². The third-order valence-corrected chi connectivity index (χ3v) is 4.56. The first-order valence-corrected chi connectivity index (χ1v) is 9.87. The molecule has 0 saturated carbocycles. The van der Waals surface area contributed by atoms with E-state index in [1.54, 1.807) is 0 Å². The molecule has 0 saturated heterocycles. The number of benzene rings is 1. The topological polar surface area (TPSA) is 18.5 Å². The van der Waals surface area contributed by atoms with Crippen LogP contribution in [0.5, 0.6) is 11.5 Å². The van der Waals surface area contributed by atoms with Crippen LogP contribution in [-0.2, 0) is 0 Å². The summed E-state index contributed by atoms with van der Waals surface area (Å²) in [5, 5.41) is 0. The van der Waals surface area contributed by atoms with E-state index in [0.29, 0.717) is 13.2 Å². The molecule has 0 heterocycles. The van der Waals surface area contributed by atoms with Gasteiger partial charge in [0.2, 0.25) is 11.6 Å². The summed E-state index contributed by atoms with van der Waals surface area (Å²) in [7, 11) is 0. The van der Waals surface area contributed by atoms with Crippen LogP contribution in [-0.4, -0.2) is 13.2 Å². The van der Waals surface area contributed by atoms with E-state index in [1.807, 2.05) is 0 Å². The van der Waals surface area contributed by atoms with Crippen molar-refractivity contribution in [1.82, 2.24) is 0 Å². The van der Waals surface area contributed by atoms with Crippen molar-refractivity contribution in [2.45, 2.75) is 78.6 Å². The average Bonchev–Trinajstić information content (AvgIpc) is 2.62. The molecule has 0 bridgehead atoms. The smallest absolute Gasteiger partial charge is 0.204 e. The van der Waals surface area contributed by atoms with E-state index in [2.05, 4.69) is 20.8 Å². The summed E-state index contributed by atoms with van der Waals surface area (Å²) in [6, 6.07) is 2.91. The van der Waals surface area contributed by atoms with Gasteiger partial charge >= 0.3 is 0 Å². The second-order valence-corrected chi connectivity index (χ2v) is 6.65. The molecule has 1 atom stereocenters. The lowest BCUT2D eigenvalue weighted by molar-refractivity contribution is 0.264. The van der Waals surface area contributed by atoms with Gasteiger partial charge in [0.05, 0.1) is 13.2 Å². The molecule has 0 aromatic heterocycles. The summed E-state index contributed by atoms with van der Waals surface area (Å²) in [5.74, 6) is -1.21. The highest BCUT2D eigenvalue weighted by Gasteiger charge is 2.15. The zero-order chi connectivity index (χ0) is 18.5. The van der Waals surface area contributed by atoms with Crippen LogP contribution in [0.2, 0.25) is 0 Å². The van der Waals surface area contributed by atoms with Crippen molar-refractivity contribution in [3.8, 4) is 11.5 Å². The van der Waals surface area contributed by atoms with E-state index in [4.69, 9.17) is 9.47 Å². The van der Waals surface area contributed by atoms with Gasteiger partial charge in [0, 0.05) is 0 Å². The van der Waals surface area contributed by atoms with Crippen molar-refractivity contribution in [1.29, 1.82) is 0 Å². The van der Waals surface area contributed by atoms with Gasteiger partial charge < -0.3 is 9.47 Å². The highest BCUT2D eigenvalue weighted by molar-refractivity contribution is 5.35. The van der Waals surface area contributed by atoms with Crippen LogP contribution >= 0.6 is 0 Å². The quantitative estimate of drug-likeness (QED) is 0.337. The van der Waals surface area contributed by atoms with E-state index < -0.39 is 11.6 Å². The van der Waals surface area contributed by atoms with Crippen molar-refractivity contribution >= 4 is 0 Å². The van der Waals surface area contributed by atoms with Crippen molar-refractivity contribution in [3.63, 3.8) is 0 Å². The van der Waals surface area contributed by atoms with Crippen molar-refractivity contribution < 1.29 is 18.3 Å². The van der Waals surface area contributed by atoms with Gasteiger partial charge in [0.15, 0.2) is 11.5 Å². The molecule has 0 radical (unpaired) electrons. The molecule has 144 valence electrons. The number of unbranched alkanes of at least 4 members (excludes halogenated alkanes) is 3. The molecule has 0 N–H and O–H groups in total. The minimum Gasteiger partial charge on any atom is -0.490 e. The first-order chi connectivity index (χ1) is 12.1. The molecule has 0 fully saturated rings. The van der Waals surface area contributed by atoms with Gasteiger partial charge in [0.25, 0.3) is 0 Å². The summed E-state index contributed by atoms with van der Waals surface area (Å²) in [4.78, 5) is 0. The lowest BCUT2D eigenvalue weighted by atomic mass is 9.95. The molecule has 0 aliphatic carbocycles. The van der Waals surface area contributed by atoms with Crippen LogP contribution in [0.15, 0.2) is 12.1 Å². The Bertz CT molecular complexity index is 477. The van der Waals surface area contributed by atoms with Gasteiger partial charge in [0.1, 0.15) is 0 Å². The minimum atomic E-state index is -0.956. The average molecular weight is 356 g/mol. The minimum absolute atomic E-state index is 0.0287. The van der Waals surface area contributed by atoms with E-state index >= 15 is 0 Å². The first kappa shape index (κ1) is 21.7. The van der Waals surface area contributed by atoms with Gasteiger partial charge in [-0.2, -0.15) is 8.78 Å². The van der Waals surface area contributed by atoms with Crippen LogP contribution in [0.3, 0.4) is 0 Å². The highest BCUT2D eigenvalue weighted by Crippen LogP contribution is 2.28. The standard InChI is InChI=1S/C21H34F2O2/c1-4-7-9-15-24-18-13-14-19(21(23)20(18)22)25-16-10-8-12-17(6-3)11-5-2/h13-14,17H,4-12,15-16H2,1-3H3. The second kappa shape index (κ2) is 13.0. The molecule has 1 unspecified atom stereocenters. The molecule has 0 aliphatic rings. The number of halogens is 2. The fourth-order valence-electron chi connectivity index (χ4n) is 2.95. The molecular weight excluding hydrogens is 322 g/mol. The van der Waals surface area contributed by atoms with Crippen LogP contribution in [0.4, 0.5) is 8.78 Å². The summed E-state index contributed by atoms with van der Waals surface area (Å²) in [6.07, 6.45) is 9.68. The Hall–Kier alpha value is -1.32. The number of hydrogen-bond donors (Lipinski definition) is 0. The molecule has 1 aromatic carbocycles. The van der Waals surface area contributed by atoms with Crippen LogP contribution in [0, 0.1) is 17.6 Å². The fourth-order valence-corrected chi connectivity index (χ4v) is 2.95. The molecule has 4 heteroatoms. The Morgan fingerprint density at radius 3 is 1.80 bits per heavy atom. The second-order valence-electron chi connectivity index (χ2n) is 6.65. The number of rotatable bonds is 14. The predicted octanol–water partition coefficient (Wildman–Crippen LogP) is 6.91. The predicted molar refractivity (Wildman–Crippen MR) is 99.4 cm³/mol. The van der Waals surface area contributed by atoms with E-state index in [0.717, 1.165) is 38.0 Å². The van der Waals surface area contributed by atoms with Crippen LogP contribution in [0.1, 0.15) is 78.6 Å². The fraction of sp³-hybridized carbons (Fsp3) is 0.714. The largest absolute Gasteiger partial charge is 0.490 e. The monoisotopic (exact) mass is 356 g/mol. The van der Waals surface area contributed by atoms with Gasteiger partial charge in [-0.25, -0.2) is 0 Å². The molecule has 0 aliphatic heterocycles. The Labute approximate surface area is 151 Å². The maximum atomic E-state index is 14.0. The maximum absolute atomic E-state index is 14.0. The van der Waals surface area contributed by atoms with Gasteiger partial charge in [-0.15, -0.1) is 0 Å². The third-order valence-electron chi connectivity index (χ3n) is 4.56. The normalized spacial score (nSPS) is 12.2. The molecule has 1 rings (SSSR count). The summed E-state index contributed by atoms with van der Waals surface area (Å²) in [6.45, 7) is 7.33. The van der Waals surface area contributed by atoms with Gasteiger partial charge in [-0.1, -0.05) is 59.3 Å². The Morgan fingerprint density at radius 1 is 0.760 bits per heavy atom. The summed E-state index contributed by atoms with van der Waals surface area (Å²) >= 11 is 0. The van der Waals surface area contributed by atoms with Gasteiger partial charge in [-0.3, -0.25) is 0 Å². The van der Waals surface area contributed by atoms with Crippen molar-refractivity contribution in [2.24, 2.45) is 5.92 Å². The van der Waals surface area contributed by atoms with Gasteiger partial charge in [-0.05, 0) is 37.3 Å². The maximum Gasteiger partial charge on any atom is 0.204 e.